The number of hydrogen-bond acceptors (Lipinski definition) is 3. The molecule has 1 fully saturated rings. The molecule has 0 atom stereocenters. The molecule has 0 radical (unpaired) electrons. The van der Waals surface area contributed by atoms with Gasteiger partial charge in [0.2, 0.25) is 0 Å². The Morgan fingerprint density at radius 1 is 1.37 bits per heavy atom. The van der Waals surface area contributed by atoms with Crippen LogP contribution in [0.3, 0.4) is 0 Å². The third-order valence-corrected chi connectivity index (χ3v) is 4.59. The quantitative estimate of drug-likeness (QED) is 0.809. The summed E-state index contributed by atoms with van der Waals surface area (Å²) in [6.45, 7) is 0. The molecule has 1 aliphatic heterocycles. The Hall–Kier alpha value is -1.53. The number of likely N-dealkylation sites (N-methyl/N-ethyl adjacent to an activating group) is 1. The van der Waals surface area contributed by atoms with E-state index in [1.54, 1.807) is 6.08 Å². The van der Waals surface area contributed by atoms with Crippen LogP contribution in [0, 0.1) is 0 Å². The number of hydrogen-bond donors (Lipinski definition) is 1. The molecule has 6 heteroatoms. The number of fused-ring (bicyclic) bond motifs is 1. The zero-order valence-electron chi connectivity index (χ0n) is 9.94. The van der Waals surface area contributed by atoms with E-state index in [0.29, 0.717) is 4.91 Å². The van der Waals surface area contributed by atoms with Crippen molar-refractivity contribution in [2.24, 2.45) is 0 Å². The maximum atomic E-state index is 11.8. The highest BCUT2D eigenvalue weighted by atomic mass is 79.9. The Kier molecular flexibility index (Phi) is 2.99. The van der Waals surface area contributed by atoms with Crippen molar-refractivity contribution in [3.63, 3.8) is 0 Å². The van der Waals surface area contributed by atoms with Gasteiger partial charge in [0.25, 0.3) is 11.1 Å². The lowest BCUT2D eigenvalue weighted by molar-refractivity contribution is -0.121. The van der Waals surface area contributed by atoms with E-state index in [9.17, 15) is 9.59 Å². The fraction of sp³-hybridized carbons (Fsp3) is 0.0769. The number of nitrogens with one attached hydrogen (secondary N) is 1. The summed E-state index contributed by atoms with van der Waals surface area (Å²) in [6, 6.07) is 5.89. The minimum Gasteiger partial charge on any atom is -0.361 e. The number of imide groups is 1. The maximum absolute atomic E-state index is 11.8. The van der Waals surface area contributed by atoms with Gasteiger partial charge in [-0.05, 0) is 41.6 Å². The van der Waals surface area contributed by atoms with Crippen LogP contribution in [0.2, 0.25) is 0 Å². The van der Waals surface area contributed by atoms with Gasteiger partial charge in [0, 0.05) is 28.6 Å². The van der Waals surface area contributed by atoms with Gasteiger partial charge in [-0.1, -0.05) is 15.9 Å². The predicted molar refractivity (Wildman–Crippen MR) is 79.7 cm³/mol. The van der Waals surface area contributed by atoms with Crippen molar-refractivity contribution in [1.82, 2.24) is 9.88 Å². The molecule has 0 saturated carbocycles. The summed E-state index contributed by atoms with van der Waals surface area (Å²) in [5.74, 6) is -0.254. The maximum Gasteiger partial charge on any atom is 0.293 e. The molecule has 1 aromatic carbocycles. The molecule has 2 heterocycles. The second-order valence-corrected chi connectivity index (χ2v) is 6.03. The Balaban J connectivity index is 2.08. The lowest BCUT2D eigenvalue weighted by atomic mass is 10.1. The van der Waals surface area contributed by atoms with E-state index >= 15 is 0 Å². The van der Waals surface area contributed by atoms with Gasteiger partial charge in [-0.2, -0.15) is 0 Å². The molecule has 19 heavy (non-hydrogen) atoms. The van der Waals surface area contributed by atoms with Gasteiger partial charge in [-0.25, -0.2) is 0 Å². The standard InChI is InChI=1S/C13H9BrN2O2S/c1-16-12(17)11(19-13(16)18)5-8-4-7-2-3-15-10(7)6-9(8)14/h2-6,15H,1H3/b11-5-. The Morgan fingerprint density at radius 2 is 2.16 bits per heavy atom. The van der Waals surface area contributed by atoms with Crippen molar-refractivity contribution in [2.45, 2.75) is 0 Å². The van der Waals surface area contributed by atoms with Crippen molar-refractivity contribution in [1.29, 1.82) is 0 Å². The van der Waals surface area contributed by atoms with Gasteiger partial charge < -0.3 is 4.98 Å². The van der Waals surface area contributed by atoms with Crippen LogP contribution in [-0.2, 0) is 4.79 Å². The minimum absolute atomic E-state index is 0.241. The van der Waals surface area contributed by atoms with Gasteiger partial charge in [-0.15, -0.1) is 0 Å². The van der Waals surface area contributed by atoms with Gasteiger partial charge >= 0.3 is 0 Å². The molecule has 1 aliphatic rings. The number of nitrogens with zero attached hydrogens (tertiary/aromatic N) is 1. The zero-order valence-corrected chi connectivity index (χ0v) is 12.3. The number of aromatic nitrogens is 1. The molecule has 0 unspecified atom stereocenters. The first-order chi connectivity index (χ1) is 9.06. The van der Waals surface area contributed by atoms with Crippen molar-refractivity contribution in [3.8, 4) is 0 Å². The van der Waals surface area contributed by atoms with Crippen molar-refractivity contribution in [2.75, 3.05) is 7.05 Å². The second-order valence-electron chi connectivity index (χ2n) is 4.18. The molecule has 2 aromatic rings. The van der Waals surface area contributed by atoms with Crippen LogP contribution in [-0.4, -0.2) is 28.1 Å². The number of carbonyl (C=O) groups is 2. The largest absolute Gasteiger partial charge is 0.361 e. The Bertz CT molecular complexity index is 735. The van der Waals surface area contributed by atoms with E-state index in [2.05, 4.69) is 20.9 Å². The molecular weight excluding hydrogens is 328 g/mol. The molecule has 2 amide bonds. The van der Waals surface area contributed by atoms with Gasteiger partial charge in [0.05, 0.1) is 4.91 Å². The SMILES string of the molecule is CN1C(=O)S/C(=C\c2cc3cc[nH]c3cc2Br)C1=O. The highest BCUT2D eigenvalue weighted by Gasteiger charge is 2.31. The topological polar surface area (TPSA) is 53.2 Å². The van der Waals surface area contributed by atoms with Gasteiger partial charge in [0.15, 0.2) is 0 Å². The number of halogens is 1. The summed E-state index contributed by atoms with van der Waals surface area (Å²) in [5.41, 5.74) is 1.90. The highest BCUT2D eigenvalue weighted by Crippen LogP contribution is 2.33. The molecular formula is C13H9BrN2O2S. The predicted octanol–water partition coefficient (Wildman–Crippen LogP) is 3.60. The molecule has 4 nitrogen and oxygen atoms in total. The number of H-pyrrole nitrogens is 1. The minimum atomic E-state index is -0.254. The fourth-order valence-electron chi connectivity index (χ4n) is 1.89. The lowest BCUT2D eigenvalue weighted by Gasteiger charge is -2.02. The normalized spacial score (nSPS) is 18.0. The van der Waals surface area contributed by atoms with Crippen LogP contribution in [0.4, 0.5) is 4.79 Å². The molecule has 1 aromatic heterocycles. The first kappa shape index (κ1) is 12.5. The van der Waals surface area contributed by atoms with E-state index in [4.69, 9.17) is 0 Å². The van der Waals surface area contributed by atoms with E-state index < -0.39 is 0 Å². The number of carbonyl (C=O) groups excluding carboxylic acids is 2. The van der Waals surface area contributed by atoms with Crippen LogP contribution in [0.15, 0.2) is 33.8 Å². The average molecular weight is 337 g/mol. The lowest BCUT2D eigenvalue weighted by Crippen LogP contribution is -2.22. The Morgan fingerprint density at radius 3 is 2.84 bits per heavy atom. The molecule has 0 aliphatic carbocycles. The van der Waals surface area contributed by atoms with Crippen LogP contribution < -0.4 is 0 Å². The number of rotatable bonds is 1. The van der Waals surface area contributed by atoms with Gasteiger partial charge in [0.1, 0.15) is 0 Å². The van der Waals surface area contributed by atoms with Crippen molar-refractivity contribution in [3.05, 3.63) is 39.3 Å². The summed E-state index contributed by atoms with van der Waals surface area (Å²) < 4.78 is 0.880. The van der Waals surface area contributed by atoms with E-state index in [-0.39, 0.29) is 11.1 Å². The third-order valence-electron chi connectivity index (χ3n) is 2.94. The monoisotopic (exact) mass is 336 g/mol. The molecule has 1 saturated heterocycles. The number of benzene rings is 1. The number of aromatic amines is 1. The number of amides is 2. The van der Waals surface area contributed by atoms with Crippen LogP contribution >= 0.6 is 27.7 Å². The molecule has 0 spiro atoms. The Labute approximate surface area is 122 Å². The van der Waals surface area contributed by atoms with E-state index in [0.717, 1.165) is 37.6 Å². The number of thioether (sulfide) groups is 1. The molecule has 0 bridgehead atoms. The molecule has 1 N–H and O–H groups in total. The van der Waals surface area contributed by atoms with E-state index in [1.165, 1.54) is 7.05 Å². The van der Waals surface area contributed by atoms with Crippen molar-refractivity contribution < 1.29 is 9.59 Å². The summed E-state index contributed by atoms with van der Waals surface area (Å²) in [6.07, 6.45) is 3.60. The van der Waals surface area contributed by atoms with Crippen LogP contribution in [0.5, 0.6) is 0 Å². The first-order valence-corrected chi connectivity index (χ1v) is 7.15. The van der Waals surface area contributed by atoms with Crippen LogP contribution in [0.25, 0.3) is 17.0 Å². The summed E-state index contributed by atoms with van der Waals surface area (Å²) in [4.78, 5) is 28.0. The zero-order chi connectivity index (χ0) is 13.6. The molecule has 3 rings (SSSR count). The summed E-state index contributed by atoms with van der Waals surface area (Å²) >= 11 is 4.44. The summed E-state index contributed by atoms with van der Waals surface area (Å²) in [7, 11) is 1.49. The molecule has 96 valence electrons. The third kappa shape index (κ3) is 2.11. The summed E-state index contributed by atoms with van der Waals surface area (Å²) in [5, 5.41) is 0.820. The highest BCUT2D eigenvalue weighted by molar-refractivity contribution is 9.10. The first-order valence-electron chi connectivity index (χ1n) is 5.54. The van der Waals surface area contributed by atoms with Gasteiger partial charge in [-0.3, -0.25) is 14.5 Å². The van der Waals surface area contributed by atoms with E-state index in [1.807, 2.05) is 24.4 Å². The average Bonchev–Trinajstić information content (AvgIpc) is 2.91. The second kappa shape index (κ2) is 4.54. The van der Waals surface area contributed by atoms with Crippen molar-refractivity contribution >= 4 is 55.8 Å². The fourth-order valence-corrected chi connectivity index (χ4v) is 3.17. The smallest absolute Gasteiger partial charge is 0.293 e. The van der Waals surface area contributed by atoms with Crippen LogP contribution in [0.1, 0.15) is 5.56 Å².